The van der Waals surface area contributed by atoms with Crippen LogP contribution in [0.25, 0.3) is 0 Å². The van der Waals surface area contributed by atoms with Crippen LogP contribution in [0, 0.1) is 11.8 Å². The zero-order valence-corrected chi connectivity index (χ0v) is 12.8. The van der Waals surface area contributed by atoms with Crippen LogP contribution < -0.4 is 5.32 Å². The van der Waals surface area contributed by atoms with Gasteiger partial charge in [-0.05, 0) is 49.4 Å². The first-order valence-electron chi connectivity index (χ1n) is 7.82. The first-order valence-corrected chi connectivity index (χ1v) is 7.82. The topological polar surface area (TPSA) is 69.6 Å². The van der Waals surface area contributed by atoms with Crippen LogP contribution in [0.3, 0.4) is 0 Å². The number of rotatable bonds is 4. The number of aromatic carboxylic acids is 1. The summed E-state index contributed by atoms with van der Waals surface area (Å²) in [5.41, 5.74) is 1.35. The lowest BCUT2D eigenvalue weighted by molar-refractivity contribution is -0.124. The smallest absolute Gasteiger partial charge is 0.335 e. The lowest BCUT2D eigenvalue weighted by Crippen LogP contribution is -2.38. The molecule has 3 rings (SSSR count). The lowest BCUT2D eigenvalue weighted by atomic mass is 9.89. The Bertz CT molecular complexity index is 587. The van der Waals surface area contributed by atoms with Gasteiger partial charge in [0.2, 0.25) is 5.91 Å². The summed E-state index contributed by atoms with van der Waals surface area (Å²) >= 11 is 0. The maximum absolute atomic E-state index is 11.5. The van der Waals surface area contributed by atoms with Crippen molar-refractivity contribution in [3.05, 3.63) is 35.4 Å². The molecule has 0 aromatic heterocycles. The summed E-state index contributed by atoms with van der Waals surface area (Å²) in [5.74, 6) is 0.391. The van der Waals surface area contributed by atoms with Crippen LogP contribution in [0.5, 0.6) is 0 Å². The normalized spacial score (nSPS) is 27.5. The SMILES string of the molecule is CN(Cc1cccc(C(=O)O)c1)[C@H]1C[C@H]2CNC(=O)C[C@H]2C1. The molecule has 3 atom stereocenters. The second kappa shape index (κ2) is 6.08. The number of benzene rings is 1. The minimum absolute atomic E-state index is 0.179. The van der Waals surface area contributed by atoms with Gasteiger partial charge in [0.15, 0.2) is 0 Å². The number of hydrogen-bond acceptors (Lipinski definition) is 3. The summed E-state index contributed by atoms with van der Waals surface area (Å²) in [4.78, 5) is 24.8. The minimum atomic E-state index is -0.888. The van der Waals surface area contributed by atoms with Gasteiger partial charge in [0.1, 0.15) is 0 Å². The lowest BCUT2D eigenvalue weighted by Gasteiger charge is -2.24. The number of hydrogen-bond donors (Lipinski definition) is 2. The molecule has 2 fully saturated rings. The molecule has 22 heavy (non-hydrogen) atoms. The molecule has 0 radical (unpaired) electrons. The van der Waals surface area contributed by atoms with Crippen molar-refractivity contribution in [1.82, 2.24) is 10.2 Å². The van der Waals surface area contributed by atoms with Crippen molar-refractivity contribution in [1.29, 1.82) is 0 Å². The number of nitrogens with one attached hydrogen (secondary N) is 1. The molecule has 2 aliphatic rings. The van der Waals surface area contributed by atoms with E-state index < -0.39 is 5.97 Å². The zero-order valence-electron chi connectivity index (χ0n) is 12.8. The third-order valence-corrected chi connectivity index (χ3v) is 5.05. The highest BCUT2D eigenvalue weighted by Crippen LogP contribution is 2.38. The Labute approximate surface area is 130 Å². The molecule has 2 N–H and O–H groups in total. The molecule has 0 spiro atoms. The Kier molecular flexibility index (Phi) is 4.16. The molecule has 1 amide bonds. The first-order chi connectivity index (χ1) is 10.5. The number of piperidine rings is 1. The van der Waals surface area contributed by atoms with Crippen molar-refractivity contribution in [2.75, 3.05) is 13.6 Å². The molecule has 5 nitrogen and oxygen atoms in total. The number of carboxylic acids is 1. The fraction of sp³-hybridized carbons (Fsp3) is 0.529. The van der Waals surface area contributed by atoms with Crippen LogP contribution >= 0.6 is 0 Å². The Balaban J connectivity index is 1.63. The van der Waals surface area contributed by atoms with Crippen LogP contribution in [0.2, 0.25) is 0 Å². The van der Waals surface area contributed by atoms with E-state index in [9.17, 15) is 9.59 Å². The molecule has 1 saturated heterocycles. The molecule has 1 saturated carbocycles. The predicted molar refractivity (Wildman–Crippen MR) is 82.5 cm³/mol. The third kappa shape index (κ3) is 3.14. The molecule has 1 aliphatic carbocycles. The van der Waals surface area contributed by atoms with Gasteiger partial charge in [-0.25, -0.2) is 4.79 Å². The van der Waals surface area contributed by atoms with Crippen LogP contribution in [0.15, 0.2) is 24.3 Å². The third-order valence-electron chi connectivity index (χ3n) is 5.05. The summed E-state index contributed by atoms with van der Waals surface area (Å²) in [7, 11) is 2.09. The summed E-state index contributed by atoms with van der Waals surface area (Å²) in [6.07, 6.45) is 2.83. The van der Waals surface area contributed by atoms with E-state index >= 15 is 0 Å². The van der Waals surface area contributed by atoms with Crippen LogP contribution in [0.1, 0.15) is 35.2 Å². The van der Waals surface area contributed by atoms with E-state index in [2.05, 4.69) is 17.3 Å². The maximum atomic E-state index is 11.5. The fourth-order valence-corrected chi connectivity index (χ4v) is 3.81. The van der Waals surface area contributed by atoms with Gasteiger partial charge < -0.3 is 10.4 Å². The molecule has 1 aromatic carbocycles. The summed E-state index contributed by atoms with van der Waals surface area (Å²) in [6, 6.07) is 7.59. The fourth-order valence-electron chi connectivity index (χ4n) is 3.81. The second-order valence-electron chi connectivity index (χ2n) is 6.57. The summed E-state index contributed by atoms with van der Waals surface area (Å²) in [6.45, 7) is 1.55. The predicted octanol–water partition coefficient (Wildman–Crippen LogP) is 1.73. The van der Waals surface area contributed by atoms with Crippen molar-refractivity contribution >= 4 is 11.9 Å². The Morgan fingerprint density at radius 1 is 1.36 bits per heavy atom. The van der Waals surface area contributed by atoms with Crippen molar-refractivity contribution in [3.8, 4) is 0 Å². The van der Waals surface area contributed by atoms with Gasteiger partial charge in [0, 0.05) is 25.6 Å². The number of carboxylic acid groups (broad SMARTS) is 1. The van der Waals surface area contributed by atoms with Gasteiger partial charge >= 0.3 is 5.97 Å². The zero-order chi connectivity index (χ0) is 15.7. The van der Waals surface area contributed by atoms with E-state index in [-0.39, 0.29) is 5.91 Å². The van der Waals surface area contributed by atoms with Gasteiger partial charge in [-0.15, -0.1) is 0 Å². The Hall–Kier alpha value is -1.88. The minimum Gasteiger partial charge on any atom is -0.478 e. The Morgan fingerprint density at radius 2 is 2.14 bits per heavy atom. The Morgan fingerprint density at radius 3 is 2.91 bits per heavy atom. The number of nitrogens with zero attached hydrogens (tertiary/aromatic N) is 1. The van der Waals surface area contributed by atoms with Crippen LogP contribution in [-0.2, 0) is 11.3 Å². The molecule has 0 unspecified atom stereocenters. The largest absolute Gasteiger partial charge is 0.478 e. The standard InChI is InChI=1S/C17H22N2O3/c1-19(10-11-3-2-4-12(5-11)17(21)22)15-6-13-8-16(20)18-9-14(13)7-15/h2-5,13-15H,6-10H2,1H3,(H,18,20)(H,21,22)/t13-,14+,15-/m1/s1. The van der Waals surface area contributed by atoms with Gasteiger partial charge in [-0.3, -0.25) is 9.69 Å². The first kappa shape index (κ1) is 15.0. The van der Waals surface area contributed by atoms with Crippen LogP contribution in [-0.4, -0.2) is 41.5 Å². The van der Waals surface area contributed by atoms with Gasteiger partial charge in [0.25, 0.3) is 0 Å². The van der Waals surface area contributed by atoms with E-state index in [1.54, 1.807) is 18.2 Å². The summed E-state index contributed by atoms with van der Waals surface area (Å²) in [5, 5.41) is 12.0. The van der Waals surface area contributed by atoms with Crippen molar-refractivity contribution in [2.45, 2.75) is 31.8 Å². The molecule has 1 aliphatic heterocycles. The number of amides is 1. The molecule has 1 aromatic rings. The molecule has 118 valence electrons. The summed E-state index contributed by atoms with van der Waals surface area (Å²) < 4.78 is 0. The van der Waals surface area contributed by atoms with E-state index in [1.165, 1.54) is 0 Å². The molecule has 0 bridgehead atoms. The molecule has 1 heterocycles. The monoisotopic (exact) mass is 302 g/mol. The maximum Gasteiger partial charge on any atom is 0.335 e. The van der Waals surface area contributed by atoms with E-state index in [1.807, 2.05) is 6.07 Å². The molecule has 5 heteroatoms. The number of fused-ring (bicyclic) bond motifs is 1. The quantitative estimate of drug-likeness (QED) is 0.889. The van der Waals surface area contributed by atoms with Crippen molar-refractivity contribution in [3.63, 3.8) is 0 Å². The van der Waals surface area contributed by atoms with E-state index in [4.69, 9.17) is 5.11 Å². The van der Waals surface area contributed by atoms with E-state index in [0.717, 1.165) is 31.5 Å². The average molecular weight is 302 g/mol. The highest BCUT2D eigenvalue weighted by molar-refractivity contribution is 5.87. The van der Waals surface area contributed by atoms with E-state index in [0.29, 0.717) is 29.9 Å². The van der Waals surface area contributed by atoms with Gasteiger partial charge in [-0.1, -0.05) is 12.1 Å². The van der Waals surface area contributed by atoms with Gasteiger partial charge in [-0.2, -0.15) is 0 Å². The highest BCUT2D eigenvalue weighted by atomic mass is 16.4. The molecular weight excluding hydrogens is 280 g/mol. The number of carbonyl (C=O) groups is 2. The van der Waals surface area contributed by atoms with Crippen molar-refractivity contribution in [2.24, 2.45) is 11.8 Å². The molecular formula is C17H22N2O3. The second-order valence-corrected chi connectivity index (χ2v) is 6.57. The van der Waals surface area contributed by atoms with Crippen LogP contribution in [0.4, 0.5) is 0 Å². The van der Waals surface area contributed by atoms with Gasteiger partial charge in [0.05, 0.1) is 5.56 Å². The number of carbonyl (C=O) groups excluding carboxylic acids is 1. The van der Waals surface area contributed by atoms with Crippen molar-refractivity contribution < 1.29 is 14.7 Å². The average Bonchev–Trinajstić information content (AvgIpc) is 2.90. The highest BCUT2D eigenvalue weighted by Gasteiger charge is 2.39.